The van der Waals surface area contributed by atoms with Gasteiger partial charge in [0.1, 0.15) is 0 Å². The molecule has 1 aromatic heterocycles. The largest absolute Gasteiger partial charge is 0.479 e. The number of nitrogens with one attached hydrogen (secondary N) is 1. The van der Waals surface area contributed by atoms with Gasteiger partial charge in [-0.05, 0) is 13.8 Å². The minimum Gasteiger partial charge on any atom is -0.479 e. The van der Waals surface area contributed by atoms with Gasteiger partial charge in [0, 0.05) is 5.56 Å². The first-order valence-corrected chi connectivity index (χ1v) is 5.99. The lowest BCUT2D eigenvalue weighted by Gasteiger charge is -2.16. The minimum absolute atomic E-state index is 0.0575. The van der Waals surface area contributed by atoms with Gasteiger partial charge in [-0.3, -0.25) is 0 Å². The van der Waals surface area contributed by atoms with E-state index in [1.165, 1.54) is 6.92 Å². The molecule has 0 radical (unpaired) electrons. The van der Waals surface area contributed by atoms with E-state index < -0.39 is 11.6 Å². The molecule has 0 aliphatic rings. The maximum Gasteiger partial charge on any atom is 0.337 e. The molecule has 7 heteroatoms. The second kappa shape index (κ2) is 5.30. The summed E-state index contributed by atoms with van der Waals surface area (Å²) in [5.41, 5.74) is 0.00359. The van der Waals surface area contributed by atoms with E-state index in [0.717, 1.165) is 11.1 Å². The van der Waals surface area contributed by atoms with Gasteiger partial charge in [0.25, 0.3) is 0 Å². The van der Waals surface area contributed by atoms with Crippen LogP contribution in [0.3, 0.4) is 0 Å². The van der Waals surface area contributed by atoms with Crippen LogP contribution in [0, 0.1) is 6.92 Å². The van der Waals surface area contributed by atoms with E-state index in [2.05, 4.69) is 15.5 Å². The average Bonchev–Trinajstić information content (AvgIpc) is 2.86. The zero-order valence-electron chi connectivity index (χ0n) is 11.1. The predicted molar refractivity (Wildman–Crippen MR) is 71.2 cm³/mol. The molecule has 7 nitrogen and oxygen atoms in total. The summed E-state index contributed by atoms with van der Waals surface area (Å²) in [7, 11) is 0. The van der Waals surface area contributed by atoms with Crippen LogP contribution in [0.5, 0.6) is 0 Å². The molecule has 1 heterocycles. The van der Waals surface area contributed by atoms with Gasteiger partial charge in [-0.1, -0.05) is 35.0 Å². The fourth-order valence-corrected chi connectivity index (χ4v) is 1.44. The molecular formula is C13H15N3O4. The summed E-state index contributed by atoms with van der Waals surface area (Å²) in [5, 5.41) is 24.7. The Kier molecular flexibility index (Phi) is 3.71. The number of benzene rings is 1. The Hall–Kier alpha value is -2.41. The summed E-state index contributed by atoms with van der Waals surface area (Å²) in [5.74, 6) is -0.939. The second-order valence-corrected chi connectivity index (χ2v) is 4.72. The van der Waals surface area contributed by atoms with Gasteiger partial charge in [-0.25, -0.2) is 4.79 Å². The molecule has 0 aliphatic heterocycles. The van der Waals surface area contributed by atoms with Gasteiger partial charge < -0.3 is 20.1 Å². The van der Waals surface area contributed by atoms with Gasteiger partial charge in [-0.2, -0.15) is 4.98 Å². The van der Waals surface area contributed by atoms with Gasteiger partial charge in [0.2, 0.25) is 5.82 Å². The number of carboxylic acids is 1. The third-order valence-electron chi connectivity index (χ3n) is 2.78. The first kappa shape index (κ1) is 14.0. The Morgan fingerprint density at radius 3 is 2.65 bits per heavy atom. The summed E-state index contributed by atoms with van der Waals surface area (Å²) in [4.78, 5) is 14.8. The van der Waals surface area contributed by atoms with Crippen molar-refractivity contribution in [2.24, 2.45) is 0 Å². The molecule has 2 rings (SSSR count). The first-order chi connectivity index (χ1) is 9.38. The number of carboxylic acid groups (broad SMARTS) is 1. The van der Waals surface area contributed by atoms with E-state index >= 15 is 0 Å². The molecule has 2 aromatic rings. The molecule has 0 saturated heterocycles. The number of nitrogens with zero attached hydrogens (tertiary/aromatic N) is 2. The van der Waals surface area contributed by atoms with Gasteiger partial charge in [-0.15, -0.1) is 0 Å². The smallest absolute Gasteiger partial charge is 0.337 e. The topological polar surface area (TPSA) is 108 Å². The molecule has 0 saturated carbocycles. The molecule has 3 N–H and O–H groups in total. The van der Waals surface area contributed by atoms with Crippen LogP contribution in [-0.2, 0) is 4.79 Å². The minimum atomic E-state index is -1.90. The third-order valence-corrected chi connectivity index (χ3v) is 2.78. The van der Waals surface area contributed by atoms with E-state index in [4.69, 9.17) is 9.63 Å². The zero-order valence-corrected chi connectivity index (χ0v) is 11.1. The van der Waals surface area contributed by atoms with Crippen LogP contribution in [0.15, 0.2) is 28.8 Å². The van der Waals surface area contributed by atoms with Crippen molar-refractivity contribution in [1.82, 2.24) is 10.1 Å². The standard InChI is InChI=1S/C13H15N3O4/c1-8-3-5-9(6-4-8)10-15-12(20-16-10)14-7-13(2,19)11(17)18/h3-6,19H,7H2,1-2H3,(H,17,18)(H,14,15,16)/t13-/m1/s1. The molecule has 106 valence electrons. The highest BCUT2D eigenvalue weighted by Crippen LogP contribution is 2.18. The summed E-state index contributed by atoms with van der Waals surface area (Å²) in [6.45, 7) is 2.92. The number of rotatable bonds is 5. The average molecular weight is 277 g/mol. The van der Waals surface area contributed by atoms with Crippen molar-refractivity contribution in [2.45, 2.75) is 19.4 Å². The highest BCUT2D eigenvalue weighted by molar-refractivity contribution is 5.77. The van der Waals surface area contributed by atoms with Gasteiger partial charge >= 0.3 is 12.0 Å². The number of aliphatic carboxylic acids is 1. The molecule has 1 aromatic carbocycles. The Bertz CT molecular complexity index is 604. The fraction of sp³-hybridized carbons (Fsp3) is 0.308. The number of aromatic nitrogens is 2. The molecule has 0 unspecified atom stereocenters. The second-order valence-electron chi connectivity index (χ2n) is 4.72. The molecule has 0 aliphatic carbocycles. The lowest BCUT2D eigenvalue weighted by molar-refractivity contribution is -0.155. The number of aryl methyl sites for hydroxylation is 1. The molecule has 20 heavy (non-hydrogen) atoms. The Morgan fingerprint density at radius 1 is 1.40 bits per heavy atom. The maximum absolute atomic E-state index is 10.7. The van der Waals surface area contributed by atoms with Crippen molar-refractivity contribution in [2.75, 3.05) is 11.9 Å². The van der Waals surface area contributed by atoms with Crippen LogP contribution >= 0.6 is 0 Å². The van der Waals surface area contributed by atoms with Crippen LogP contribution in [-0.4, -0.2) is 38.5 Å². The molecule has 0 amide bonds. The highest BCUT2D eigenvalue weighted by Gasteiger charge is 2.30. The predicted octanol–water partition coefficient (Wildman–Crippen LogP) is 1.29. The lowest BCUT2D eigenvalue weighted by atomic mass is 10.1. The molecular weight excluding hydrogens is 262 g/mol. The Morgan fingerprint density at radius 2 is 2.05 bits per heavy atom. The summed E-state index contributed by atoms with van der Waals surface area (Å²) in [6.07, 6.45) is 0. The molecule has 0 bridgehead atoms. The van der Waals surface area contributed by atoms with Crippen molar-refractivity contribution < 1.29 is 19.5 Å². The van der Waals surface area contributed by atoms with Crippen molar-refractivity contribution in [1.29, 1.82) is 0 Å². The monoisotopic (exact) mass is 277 g/mol. The molecule has 0 fully saturated rings. The van der Waals surface area contributed by atoms with Gasteiger partial charge in [0.05, 0.1) is 6.54 Å². The number of hydrogen-bond acceptors (Lipinski definition) is 6. The Balaban J connectivity index is 2.06. The number of carbonyl (C=O) groups is 1. The molecule has 1 atom stereocenters. The third kappa shape index (κ3) is 3.12. The number of anilines is 1. The van der Waals surface area contributed by atoms with Crippen LogP contribution in [0.2, 0.25) is 0 Å². The van der Waals surface area contributed by atoms with E-state index in [0.29, 0.717) is 5.82 Å². The van der Waals surface area contributed by atoms with Crippen LogP contribution in [0.4, 0.5) is 6.01 Å². The quantitative estimate of drug-likeness (QED) is 0.755. The van der Waals surface area contributed by atoms with Gasteiger partial charge in [0.15, 0.2) is 5.60 Å². The van der Waals surface area contributed by atoms with Crippen molar-refractivity contribution in [3.63, 3.8) is 0 Å². The van der Waals surface area contributed by atoms with Crippen LogP contribution < -0.4 is 5.32 Å². The summed E-state index contributed by atoms with van der Waals surface area (Å²) >= 11 is 0. The lowest BCUT2D eigenvalue weighted by Crippen LogP contribution is -2.41. The zero-order chi connectivity index (χ0) is 14.8. The first-order valence-electron chi connectivity index (χ1n) is 5.99. The van der Waals surface area contributed by atoms with Crippen LogP contribution in [0.25, 0.3) is 11.4 Å². The van der Waals surface area contributed by atoms with E-state index in [9.17, 15) is 9.90 Å². The normalized spacial score (nSPS) is 13.8. The van der Waals surface area contributed by atoms with Crippen molar-refractivity contribution in [3.8, 4) is 11.4 Å². The van der Waals surface area contributed by atoms with E-state index in [1.54, 1.807) is 0 Å². The van der Waals surface area contributed by atoms with Crippen LogP contribution in [0.1, 0.15) is 12.5 Å². The highest BCUT2D eigenvalue weighted by atomic mass is 16.5. The molecule has 0 spiro atoms. The maximum atomic E-state index is 10.7. The fourth-order valence-electron chi connectivity index (χ4n) is 1.44. The number of aliphatic hydroxyl groups is 1. The Labute approximate surface area is 115 Å². The SMILES string of the molecule is Cc1ccc(-c2noc(NC[C@@](C)(O)C(=O)O)n2)cc1. The summed E-state index contributed by atoms with van der Waals surface area (Å²) in [6, 6.07) is 7.62. The van der Waals surface area contributed by atoms with Crippen molar-refractivity contribution in [3.05, 3.63) is 29.8 Å². The van der Waals surface area contributed by atoms with E-state index in [1.807, 2.05) is 31.2 Å². The van der Waals surface area contributed by atoms with Crippen molar-refractivity contribution >= 4 is 12.0 Å². The summed E-state index contributed by atoms with van der Waals surface area (Å²) < 4.78 is 4.95. The van der Waals surface area contributed by atoms with E-state index in [-0.39, 0.29) is 12.6 Å². The number of hydrogen-bond donors (Lipinski definition) is 3.